The molecule has 2 heterocycles. The molecule has 4 rings (SSSR count). The number of sulfonamides is 1. The monoisotopic (exact) mass is 444 g/mol. The number of halogens is 1. The summed E-state index contributed by atoms with van der Waals surface area (Å²) in [5, 5.41) is 2.67. The third-order valence-corrected chi connectivity index (χ3v) is 6.90. The molecule has 8 nitrogen and oxygen atoms in total. The number of methoxy groups -OCH3 is 1. The van der Waals surface area contributed by atoms with Crippen molar-refractivity contribution in [3.63, 3.8) is 0 Å². The van der Waals surface area contributed by atoms with E-state index in [1.165, 1.54) is 23.5 Å². The zero-order valence-electron chi connectivity index (χ0n) is 17.0. The van der Waals surface area contributed by atoms with Gasteiger partial charge in [0.1, 0.15) is 11.6 Å². The number of ether oxygens (including phenoxy) is 1. The summed E-state index contributed by atoms with van der Waals surface area (Å²) in [5.74, 6) is -0.118. The average molecular weight is 444 g/mol. The van der Waals surface area contributed by atoms with Gasteiger partial charge in [0.15, 0.2) is 5.82 Å². The molecule has 1 amide bonds. The van der Waals surface area contributed by atoms with E-state index in [0.717, 1.165) is 11.6 Å². The molecule has 1 aliphatic heterocycles. The maximum Gasteiger partial charge on any atom is 0.287 e. The predicted molar refractivity (Wildman–Crippen MR) is 112 cm³/mol. The molecule has 1 aromatic heterocycles. The zero-order valence-corrected chi connectivity index (χ0v) is 17.8. The summed E-state index contributed by atoms with van der Waals surface area (Å²) in [6.45, 7) is 1.10. The summed E-state index contributed by atoms with van der Waals surface area (Å²) in [6, 6.07) is 10.6. The van der Waals surface area contributed by atoms with Crippen molar-refractivity contribution >= 4 is 15.9 Å². The maximum absolute atomic E-state index is 14.6. The van der Waals surface area contributed by atoms with Crippen molar-refractivity contribution in [1.82, 2.24) is 19.2 Å². The second-order valence-corrected chi connectivity index (χ2v) is 9.19. The number of carbonyl (C=O) groups is 1. The molecule has 0 spiro atoms. The lowest BCUT2D eigenvalue weighted by Crippen LogP contribution is -2.35. The van der Waals surface area contributed by atoms with Crippen LogP contribution in [0.2, 0.25) is 0 Å². The van der Waals surface area contributed by atoms with Crippen molar-refractivity contribution in [3.05, 3.63) is 65.9 Å². The van der Waals surface area contributed by atoms with Crippen LogP contribution in [0.25, 0.3) is 11.3 Å². The lowest BCUT2D eigenvalue weighted by atomic mass is 10.1. The highest BCUT2D eigenvalue weighted by Gasteiger charge is 2.25. The van der Waals surface area contributed by atoms with Crippen molar-refractivity contribution in [2.24, 2.45) is 0 Å². The van der Waals surface area contributed by atoms with Crippen LogP contribution in [-0.4, -0.2) is 48.9 Å². The van der Waals surface area contributed by atoms with E-state index in [4.69, 9.17) is 4.74 Å². The van der Waals surface area contributed by atoms with Crippen LogP contribution in [0.1, 0.15) is 16.2 Å². The largest absolute Gasteiger partial charge is 0.497 e. The Morgan fingerprint density at radius 3 is 2.65 bits per heavy atom. The number of benzene rings is 2. The summed E-state index contributed by atoms with van der Waals surface area (Å²) >= 11 is 0. The Bertz CT molecular complexity index is 1240. The second kappa shape index (κ2) is 8.12. The van der Waals surface area contributed by atoms with Gasteiger partial charge in [-0.2, -0.15) is 4.31 Å². The Kier molecular flexibility index (Phi) is 5.50. The molecule has 0 fully saturated rings. The molecule has 1 aliphatic rings. The summed E-state index contributed by atoms with van der Waals surface area (Å²) in [5.41, 5.74) is 1.01. The third kappa shape index (κ3) is 4.04. The lowest BCUT2D eigenvalue weighted by molar-refractivity contribution is 0.0922. The molecule has 3 aromatic rings. The Morgan fingerprint density at radius 1 is 1.23 bits per heavy atom. The summed E-state index contributed by atoms with van der Waals surface area (Å²) < 4.78 is 48.7. The van der Waals surface area contributed by atoms with Gasteiger partial charge < -0.3 is 14.6 Å². The van der Waals surface area contributed by atoms with Crippen LogP contribution in [-0.2, 0) is 23.1 Å². The Hall–Kier alpha value is -3.24. The van der Waals surface area contributed by atoms with E-state index in [-0.39, 0.29) is 34.4 Å². The van der Waals surface area contributed by atoms with Crippen LogP contribution in [0, 0.1) is 5.82 Å². The molecule has 0 saturated carbocycles. The fraction of sp³-hybridized carbons (Fsp3) is 0.238. The molecule has 0 saturated heterocycles. The van der Waals surface area contributed by atoms with Gasteiger partial charge in [0.05, 0.1) is 17.7 Å². The molecule has 0 bridgehead atoms. The van der Waals surface area contributed by atoms with Crippen LogP contribution in [0.3, 0.4) is 0 Å². The van der Waals surface area contributed by atoms with E-state index in [1.807, 2.05) is 0 Å². The standard InChI is InChI=1S/C21H21FN4O4S/c1-25(12-14-3-5-15(30-2)6-4-14)31(28,29)16-7-8-18(22)17(11-16)19-13-26-10-9-23-21(27)20(26)24-19/h3-8,11,13H,9-10,12H2,1-2H3,(H,23,27). The third-order valence-electron chi connectivity index (χ3n) is 5.10. The summed E-state index contributed by atoms with van der Waals surface area (Å²) in [4.78, 5) is 16.1. The number of amides is 1. The van der Waals surface area contributed by atoms with E-state index < -0.39 is 15.8 Å². The fourth-order valence-corrected chi connectivity index (χ4v) is 4.57. The summed E-state index contributed by atoms with van der Waals surface area (Å²) in [6.07, 6.45) is 1.56. The Labute approximate surface area is 179 Å². The van der Waals surface area contributed by atoms with Crippen LogP contribution < -0.4 is 10.1 Å². The zero-order chi connectivity index (χ0) is 22.2. The van der Waals surface area contributed by atoms with E-state index in [1.54, 1.807) is 42.1 Å². The van der Waals surface area contributed by atoms with Gasteiger partial charge in [0, 0.05) is 38.4 Å². The topological polar surface area (TPSA) is 93.5 Å². The average Bonchev–Trinajstić information content (AvgIpc) is 3.20. The van der Waals surface area contributed by atoms with Gasteiger partial charge >= 0.3 is 0 Å². The number of rotatable bonds is 6. The van der Waals surface area contributed by atoms with E-state index >= 15 is 0 Å². The van der Waals surface area contributed by atoms with E-state index in [0.29, 0.717) is 18.8 Å². The number of nitrogens with one attached hydrogen (secondary N) is 1. The minimum absolute atomic E-state index is 0.0219. The summed E-state index contributed by atoms with van der Waals surface area (Å²) in [7, 11) is -0.875. The first-order valence-electron chi connectivity index (χ1n) is 9.54. The van der Waals surface area contributed by atoms with E-state index in [9.17, 15) is 17.6 Å². The van der Waals surface area contributed by atoms with Gasteiger partial charge in [-0.1, -0.05) is 12.1 Å². The minimum Gasteiger partial charge on any atom is -0.497 e. The van der Waals surface area contributed by atoms with E-state index in [2.05, 4.69) is 10.3 Å². The van der Waals surface area contributed by atoms with Crippen LogP contribution in [0.15, 0.2) is 53.6 Å². The van der Waals surface area contributed by atoms with Gasteiger partial charge in [-0.15, -0.1) is 0 Å². The number of imidazole rings is 1. The molecule has 2 aromatic carbocycles. The molecular formula is C21H21FN4O4S. The number of hydrogen-bond donors (Lipinski definition) is 1. The molecule has 0 atom stereocenters. The van der Waals surface area contributed by atoms with Gasteiger partial charge in [0.25, 0.3) is 5.91 Å². The molecule has 10 heteroatoms. The van der Waals surface area contributed by atoms with Crippen molar-refractivity contribution in [1.29, 1.82) is 0 Å². The minimum atomic E-state index is -3.89. The lowest BCUT2D eigenvalue weighted by Gasteiger charge is -2.18. The normalized spacial score (nSPS) is 13.7. The van der Waals surface area contributed by atoms with Crippen molar-refractivity contribution in [2.45, 2.75) is 18.0 Å². The molecule has 162 valence electrons. The molecular weight excluding hydrogens is 423 g/mol. The van der Waals surface area contributed by atoms with Gasteiger partial charge in [-0.3, -0.25) is 4.79 Å². The molecule has 31 heavy (non-hydrogen) atoms. The van der Waals surface area contributed by atoms with Crippen LogP contribution in [0.4, 0.5) is 4.39 Å². The van der Waals surface area contributed by atoms with Crippen molar-refractivity contribution in [3.8, 4) is 17.0 Å². The van der Waals surface area contributed by atoms with Crippen LogP contribution >= 0.6 is 0 Å². The molecule has 0 radical (unpaired) electrons. The molecule has 1 N–H and O–H groups in total. The fourth-order valence-electron chi connectivity index (χ4n) is 3.38. The highest BCUT2D eigenvalue weighted by molar-refractivity contribution is 7.89. The molecule has 0 aliphatic carbocycles. The second-order valence-electron chi connectivity index (χ2n) is 7.15. The molecule has 0 unspecified atom stereocenters. The number of aromatic nitrogens is 2. The smallest absolute Gasteiger partial charge is 0.287 e. The first-order valence-corrected chi connectivity index (χ1v) is 11.0. The van der Waals surface area contributed by atoms with Gasteiger partial charge in [0.2, 0.25) is 10.0 Å². The van der Waals surface area contributed by atoms with Crippen molar-refractivity contribution in [2.75, 3.05) is 20.7 Å². The number of hydrogen-bond acceptors (Lipinski definition) is 5. The van der Waals surface area contributed by atoms with Crippen molar-refractivity contribution < 1.29 is 22.3 Å². The highest BCUT2D eigenvalue weighted by Crippen LogP contribution is 2.28. The Morgan fingerprint density at radius 2 is 1.97 bits per heavy atom. The number of nitrogens with zero attached hydrogens (tertiary/aromatic N) is 3. The number of carbonyl (C=O) groups excluding carboxylic acids is 1. The van der Waals surface area contributed by atoms with Crippen LogP contribution in [0.5, 0.6) is 5.75 Å². The predicted octanol–water partition coefficient (Wildman–Crippen LogP) is 2.26. The first kappa shape index (κ1) is 21.0. The number of fused-ring (bicyclic) bond motifs is 1. The van der Waals surface area contributed by atoms with Gasteiger partial charge in [-0.05, 0) is 35.9 Å². The maximum atomic E-state index is 14.6. The highest BCUT2D eigenvalue weighted by atomic mass is 32.2. The first-order chi connectivity index (χ1) is 14.8. The van der Waals surface area contributed by atoms with Gasteiger partial charge in [-0.25, -0.2) is 17.8 Å². The SMILES string of the molecule is COc1ccc(CN(C)S(=O)(=O)c2ccc(F)c(-c3cn4c(n3)C(=O)NCC4)c2)cc1. The quantitative estimate of drug-likeness (QED) is 0.630. The Balaban J connectivity index is 1.64.